The summed E-state index contributed by atoms with van der Waals surface area (Å²) in [5, 5.41) is 3.06. The minimum absolute atomic E-state index is 0.0869. The Morgan fingerprint density at radius 1 is 1.39 bits per heavy atom. The average Bonchev–Trinajstić information content (AvgIpc) is 2.35. The minimum atomic E-state index is -3.13. The van der Waals surface area contributed by atoms with Crippen LogP contribution in [0.15, 0.2) is 18.3 Å². The zero-order valence-electron chi connectivity index (χ0n) is 10.9. The Balaban J connectivity index is 2.34. The summed E-state index contributed by atoms with van der Waals surface area (Å²) in [5.41, 5.74) is 0.984. The largest absolute Gasteiger partial charge is 0.481 e. The highest BCUT2D eigenvalue weighted by Crippen LogP contribution is 2.06. The van der Waals surface area contributed by atoms with Crippen LogP contribution < -0.4 is 10.1 Å². The van der Waals surface area contributed by atoms with Gasteiger partial charge in [-0.3, -0.25) is 0 Å². The molecule has 1 aromatic heterocycles. The molecule has 1 rings (SSSR count). The van der Waals surface area contributed by atoms with Gasteiger partial charge in [0.05, 0.1) is 12.9 Å². The lowest BCUT2D eigenvalue weighted by molar-refractivity contribution is 0.397. The van der Waals surface area contributed by atoms with E-state index in [2.05, 4.69) is 10.3 Å². The highest BCUT2D eigenvalue weighted by molar-refractivity contribution is 7.89. The maximum Gasteiger partial charge on any atom is 0.214 e. The molecule has 0 aliphatic heterocycles. The van der Waals surface area contributed by atoms with E-state index < -0.39 is 10.0 Å². The third-order valence-electron chi connectivity index (χ3n) is 2.43. The van der Waals surface area contributed by atoms with Crippen LogP contribution in [-0.4, -0.2) is 51.2 Å². The zero-order chi connectivity index (χ0) is 13.6. The second-order valence-corrected chi connectivity index (χ2v) is 6.29. The van der Waals surface area contributed by atoms with Crippen LogP contribution in [0.3, 0.4) is 0 Å². The predicted molar refractivity (Wildman–Crippen MR) is 70.0 cm³/mol. The van der Waals surface area contributed by atoms with Crippen molar-refractivity contribution in [1.29, 1.82) is 0 Å². The first-order chi connectivity index (χ1) is 8.45. The molecule has 0 aromatic carbocycles. The Morgan fingerprint density at radius 3 is 2.61 bits per heavy atom. The van der Waals surface area contributed by atoms with Crippen molar-refractivity contribution >= 4 is 10.0 Å². The van der Waals surface area contributed by atoms with Gasteiger partial charge in [0, 0.05) is 39.4 Å². The fraction of sp³-hybridized carbons (Fsp3) is 0.545. The standard InChI is InChI=1S/C11H19N3O3S/c1-14(2)18(15,16)7-6-12-8-10-4-5-11(17-3)13-9-10/h4-5,9,12H,6-8H2,1-3H3. The van der Waals surface area contributed by atoms with Crippen molar-refractivity contribution in [1.82, 2.24) is 14.6 Å². The Labute approximate surface area is 108 Å². The molecule has 0 saturated heterocycles. The van der Waals surface area contributed by atoms with E-state index in [1.165, 1.54) is 18.4 Å². The van der Waals surface area contributed by atoms with Gasteiger partial charge in [-0.15, -0.1) is 0 Å². The summed E-state index contributed by atoms with van der Waals surface area (Å²) in [6, 6.07) is 3.66. The van der Waals surface area contributed by atoms with Gasteiger partial charge in [0.1, 0.15) is 0 Å². The highest BCUT2D eigenvalue weighted by Gasteiger charge is 2.12. The lowest BCUT2D eigenvalue weighted by Gasteiger charge is -2.11. The number of aromatic nitrogens is 1. The summed E-state index contributed by atoms with van der Waals surface area (Å²) in [7, 11) is 1.49. The first-order valence-corrected chi connectivity index (χ1v) is 7.16. The van der Waals surface area contributed by atoms with E-state index in [-0.39, 0.29) is 5.75 Å². The summed E-state index contributed by atoms with van der Waals surface area (Å²) >= 11 is 0. The predicted octanol–water partition coefficient (Wildman–Crippen LogP) is 0.0712. The fourth-order valence-electron chi connectivity index (χ4n) is 1.25. The van der Waals surface area contributed by atoms with Gasteiger partial charge >= 0.3 is 0 Å². The quantitative estimate of drug-likeness (QED) is 0.712. The molecule has 0 spiro atoms. The molecular weight excluding hydrogens is 254 g/mol. The molecule has 18 heavy (non-hydrogen) atoms. The van der Waals surface area contributed by atoms with Crippen LogP contribution in [0, 0.1) is 0 Å². The number of ether oxygens (including phenoxy) is 1. The third-order valence-corrected chi connectivity index (χ3v) is 4.26. The van der Waals surface area contributed by atoms with Crippen LogP contribution in [0.25, 0.3) is 0 Å². The summed E-state index contributed by atoms with van der Waals surface area (Å²) in [4.78, 5) is 4.06. The van der Waals surface area contributed by atoms with Gasteiger partial charge in [-0.25, -0.2) is 17.7 Å². The maximum atomic E-state index is 11.5. The van der Waals surface area contributed by atoms with Crippen LogP contribution in [-0.2, 0) is 16.6 Å². The maximum absolute atomic E-state index is 11.5. The lowest BCUT2D eigenvalue weighted by atomic mass is 10.3. The molecule has 102 valence electrons. The molecule has 1 aromatic rings. The molecule has 0 atom stereocenters. The van der Waals surface area contributed by atoms with Gasteiger partial charge in [0.2, 0.25) is 15.9 Å². The van der Waals surface area contributed by atoms with Crippen molar-refractivity contribution in [3.8, 4) is 5.88 Å². The van der Waals surface area contributed by atoms with E-state index in [4.69, 9.17) is 4.74 Å². The fourth-order valence-corrected chi connectivity index (χ4v) is 2.02. The highest BCUT2D eigenvalue weighted by atomic mass is 32.2. The summed E-state index contributed by atoms with van der Waals surface area (Å²) in [6.45, 7) is 0.993. The molecule has 6 nitrogen and oxygen atoms in total. The second-order valence-electron chi connectivity index (χ2n) is 3.98. The molecule has 0 aliphatic carbocycles. The lowest BCUT2D eigenvalue weighted by Crippen LogP contribution is -2.31. The van der Waals surface area contributed by atoms with Gasteiger partial charge < -0.3 is 10.1 Å². The number of hydrogen-bond acceptors (Lipinski definition) is 5. The Morgan fingerprint density at radius 2 is 2.11 bits per heavy atom. The van der Waals surface area contributed by atoms with Crippen molar-refractivity contribution < 1.29 is 13.2 Å². The van der Waals surface area contributed by atoms with Crippen LogP contribution in [0.5, 0.6) is 5.88 Å². The number of nitrogens with one attached hydrogen (secondary N) is 1. The minimum Gasteiger partial charge on any atom is -0.481 e. The topological polar surface area (TPSA) is 71.5 Å². The summed E-state index contributed by atoms with van der Waals surface area (Å²) in [6.07, 6.45) is 1.70. The van der Waals surface area contributed by atoms with Crippen molar-refractivity contribution in [3.05, 3.63) is 23.9 Å². The van der Waals surface area contributed by atoms with Gasteiger partial charge in [0.25, 0.3) is 0 Å². The monoisotopic (exact) mass is 273 g/mol. The van der Waals surface area contributed by atoms with Gasteiger partial charge in [-0.1, -0.05) is 6.07 Å². The van der Waals surface area contributed by atoms with Gasteiger partial charge in [-0.2, -0.15) is 0 Å². The van der Waals surface area contributed by atoms with E-state index in [1.807, 2.05) is 6.07 Å². The smallest absolute Gasteiger partial charge is 0.214 e. The molecule has 0 amide bonds. The molecule has 0 unspecified atom stereocenters. The molecule has 0 radical (unpaired) electrons. The molecule has 7 heteroatoms. The van der Waals surface area contributed by atoms with Crippen LogP contribution >= 0.6 is 0 Å². The molecule has 0 saturated carbocycles. The molecule has 0 bridgehead atoms. The SMILES string of the molecule is COc1ccc(CNCCS(=O)(=O)N(C)C)cn1. The molecule has 1 N–H and O–H groups in total. The van der Waals surface area contributed by atoms with E-state index in [0.29, 0.717) is 19.0 Å². The first kappa shape index (κ1) is 14.9. The van der Waals surface area contributed by atoms with Crippen LogP contribution in [0.1, 0.15) is 5.56 Å². The van der Waals surface area contributed by atoms with Gasteiger partial charge in [-0.05, 0) is 5.56 Å². The molecular formula is C11H19N3O3S. The van der Waals surface area contributed by atoms with E-state index in [9.17, 15) is 8.42 Å². The number of sulfonamides is 1. The van der Waals surface area contributed by atoms with Crippen molar-refractivity contribution in [3.63, 3.8) is 0 Å². The van der Waals surface area contributed by atoms with Crippen molar-refractivity contribution in [2.45, 2.75) is 6.54 Å². The van der Waals surface area contributed by atoms with E-state index >= 15 is 0 Å². The van der Waals surface area contributed by atoms with Crippen molar-refractivity contribution in [2.75, 3.05) is 33.5 Å². The van der Waals surface area contributed by atoms with E-state index in [0.717, 1.165) is 5.56 Å². The second kappa shape index (κ2) is 6.67. The number of nitrogens with zero attached hydrogens (tertiary/aromatic N) is 2. The van der Waals surface area contributed by atoms with E-state index in [1.54, 1.807) is 19.4 Å². The van der Waals surface area contributed by atoms with Gasteiger partial charge in [0.15, 0.2) is 0 Å². The summed E-state index contributed by atoms with van der Waals surface area (Å²) < 4.78 is 29.1. The zero-order valence-corrected chi connectivity index (χ0v) is 11.7. The average molecular weight is 273 g/mol. The first-order valence-electron chi connectivity index (χ1n) is 5.55. The normalized spacial score (nSPS) is 11.8. The number of rotatable bonds is 7. The third kappa shape index (κ3) is 4.59. The number of methoxy groups -OCH3 is 1. The number of hydrogen-bond donors (Lipinski definition) is 1. The molecule has 0 fully saturated rings. The van der Waals surface area contributed by atoms with Crippen LogP contribution in [0.4, 0.5) is 0 Å². The Bertz CT molecular complexity index is 457. The molecule has 0 aliphatic rings. The van der Waals surface area contributed by atoms with Crippen LogP contribution in [0.2, 0.25) is 0 Å². The Hall–Kier alpha value is -1.18. The van der Waals surface area contributed by atoms with Crippen molar-refractivity contribution in [2.24, 2.45) is 0 Å². The summed E-state index contributed by atoms with van der Waals surface area (Å²) in [5.74, 6) is 0.651. The number of pyridine rings is 1. The Kier molecular flexibility index (Phi) is 5.52. The molecule has 1 heterocycles.